The number of halogens is 2. The summed E-state index contributed by atoms with van der Waals surface area (Å²) in [7, 11) is 0. The van der Waals surface area contributed by atoms with Crippen molar-refractivity contribution in [3.05, 3.63) is 71.7 Å². The Labute approximate surface area is 249 Å². The van der Waals surface area contributed by atoms with Gasteiger partial charge in [-0.15, -0.1) is 0 Å². The van der Waals surface area contributed by atoms with Crippen LogP contribution in [0.5, 0.6) is 0 Å². The number of likely N-dealkylation sites (tertiary alicyclic amines) is 2. The van der Waals surface area contributed by atoms with Gasteiger partial charge in [-0.25, -0.2) is 8.78 Å². The molecule has 6 nitrogen and oxygen atoms in total. The number of hydrogen-bond acceptors (Lipinski definition) is 7. The molecule has 0 spiro atoms. The van der Waals surface area contributed by atoms with Crippen molar-refractivity contribution >= 4 is 29.1 Å². The zero-order valence-electron chi connectivity index (χ0n) is 25.5. The predicted octanol–water partition coefficient (Wildman–Crippen LogP) is 7.59. The Hall–Kier alpha value is -2.78. The quantitative estimate of drug-likeness (QED) is 0.284. The van der Waals surface area contributed by atoms with Crippen molar-refractivity contribution < 1.29 is 8.78 Å². The summed E-state index contributed by atoms with van der Waals surface area (Å²) >= 11 is 1.92. The third kappa shape index (κ3) is 8.85. The second-order valence-electron chi connectivity index (χ2n) is 10.2. The van der Waals surface area contributed by atoms with Gasteiger partial charge in [-0.1, -0.05) is 46.4 Å². The molecule has 2 saturated heterocycles. The maximum atomic E-state index is 12.9. The van der Waals surface area contributed by atoms with Crippen LogP contribution in [0.1, 0.15) is 70.7 Å². The van der Waals surface area contributed by atoms with Gasteiger partial charge in [-0.2, -0.15) is 10.2 Å². The number of piperidine rings is 1. The monoisotopic (exact) mass is 584 g/mol. The van der Waals surface area contributed by atoms with Crippen molar-refractivity contribution in [1.82, 2.24) is 14.8 Å². The SMILES string of the molecule is C=C(C)N1CC(N2CCC(SN(Cc3ccc(C4=NN=C(C(F)F)C4)cn3)c3cccc(C)c3)CC2)C1.CC.CC. The van der Waals surface area contributed by atoms with E-state index in [2.05, 4.69) is 74.0 Å². The number of nitrogens with zero attached hydrogens (tertiary/aromatic N) is 6. The number of anilines is 1. The summed E-state index contributed by atoms with van der Waals surface area (Å²) < 4.78 is 28.2. The Morgan fingerprint density at radius 2 is 1.78 bits per heavy atom. The van der Waals surface area contributed by atoms with Crippen LogP contribution < -0.4 is 4.31 Å². The molecule has 0 unspecified atom stereocenters. The Morgan fingerprint density at radius 1 is 1.07 bits per heavy atom. The van der Waals surface area contributed by atoms with Crippen molar-refractivity contribution in [2.75, 3.05) is 30.5 Å². The summed E-state index contributed by atoms with van der Waals surface area (Å²) in [5.74, 6) is 0. The second kappa shape index (κ2) is 16.0. The summed E-state index contributed by atoms with van der Waals surface area (Å²) in [6.45, 7) is 21.4. The molecule has 41 heavy (non-hydrogen) atoms. The lowest BCUT2D eigenvalue weighted by molar-refractivity contribution is 0.0463. The van der Waals surface area contributed by atoms with Crippen LogP contribution in [0.3, 0.4) is 0 Å². The van der Waals surface area contributed by atoms with Crippen molar-refractivity contribution in [2.24, 2.45) is 10.2 Å². The lowest BCUT2D eigenvalue weighted by atomic mass is 10.0. The van der Waals surface area contributed by atoms with Crippen molar-refractivity contribution in [3.63, 3.8) is 0 Å². The van der Waals surface area contributed by atoms with E-state index < -0.39 is 6.43 Å². The highest BCUT2D eigenvalue weighted by atomic mass is 32.2. The largest absolute Gasteiger partial charge is 0.372 e. The maximum absolute atomic E-state index is 12.9. The van der Waals surface area contributed by atoms with Gasteiger partial charge < -0.3 is 9.21 Å². The van der Waals surface area contributed by atoms with E-state index in [9.17, 15) is 8.78 Å². The average Bonchev–Trinajstić information content (AvgIpc) is 3.46. The Bertz CT molecular complexity index is 1170. The minimum absolute atomic E-state index is 0.0781. The van der Waals surface area contributed by atoms with E-state index in [0.717, 1.165) is 50.3 Å². The standard InChI is InChI=1S/C28H34F2N6S.2C2H6/c1-19(2)35-17-24(18-35)34-11-9-25(10-12-34)37-36(23-6-4-5-20(3)13-23)16-22-8-7-21(15-31-22)26-14-27(28(29)30)33-32-26;2*1-2/h4-8,13,15,24-25,28H,1,9-12,14,16-18H2,2-3H3;2*1-2H3. The minimum Gasteiger partial charge on any atom is -0.372 e. The lowest BCUT2D eigenvalue weighted by Gasteiger charge is -2.49. The van der Waals surface area contributed by atoms with Gasteiger partial charge in [0.15, 0.2) is 0 Å². The summed E-state index contributed by atoms with van der Waals surface area (Å²) in [6.07, 6.45) is 1.56. The summed E-state index contributed by atoms with van der Waals surface area (Å²) in [5.41, 5.74) is 5.59. The minimum atomic E-state index is -2.57. The molecule has 1 aromatic carbocycles. The van der Waals surface area contributed by atoms with Gasteiger partial charge in [0.1, 0.15) is 5.71 Å². The molecular formula is C32H46F2N6S. The van der Waals surface area contributed by atoms with Crippen LogP contribution in [0, 0.1) is 6.92 Å². The molecule has 0 atom stereocenters. The number of benzene rings is 1. The first-order chi connectivity index (χ1) is 19.9. The molecule has 3 aliphatic heterocycles. The van der Waals surface area contributed by atoms with Crippen molar-refractivity contribution in [3.8, 4) is 0 Å². The molecule has 0 bridgehead atoms. The molecule has 2 aromatic rings. The highest BCUT2D eigenvalue weighted by molar-refractivity contribution is 8.01. The molecule has 2 fully saturated rings. The normalized spacial score (nSPS) is 17.5. The number of aryl methyl sites for hydroxylation is 1. The molecule has 224 valence electrons. The molecule has 3 aliphatic rings. The highest BCUT2D eigenvalue weighted by Gasteiger charge is 2.34. The first-order valence-corrected chi connectivity index (χ1v) is 15.7. The lowest BCUT2D eigenvalue weighted by Crippen LogP contribution is -2.60. The van der Waals surface area contributed by atoms with Crippen LogP contribution in [0.2, 0.25) is 0 Å². The topological polar surface area (TPSA) is 47.3 Å². The molecule has 5 rings (SSSR count). The maximum Gasteiger partial charge on any atom is 0.278 e. The number of aromatic nitrogens is 1. The van der Waals surface area contributed by atoms with Crippen LogP contribution in [-0.4, -0.2) is 70.1 Å². The molecule has 4 heterocycles. The first-order valence-electron chi connectivity index (χ1n) is 14.9. The number of alkyl halides is 2. The van der Waals surface area contributed by atoms with E-state index in [1.807, 2.05) is 51.8 Å². The molecule has 0 N–H and O–H groups in total. The third-order valence-corrected chi connectivity index (χ3v) is 8.69. The zero-order valence-corrected chi connectivity index (χ0v) is 26.3. The molecule has 9 heteroatoms. The molecule has 0 aliphatic carbocycles. The fraction of sp³-hybridized carbons (Fsp3) is 0.531. The Kier molecular flexibility index (Phi) is 12.8. The predicted molar refractivity (Wildman–Crippen MR) is 171 cm³/mol. The van der Waals surface area contributed by atoms with Crippen LogP contribution in [-0.2, 0) is 6.54 Å². The Balaban J connectivity index is 0.00000111. The number of allylic oxidation sites excluding steroid dienone is 1. The van der Waals surface area contributed by atoms with Crippen molar-refractivity contribution in [2.45, 2.75) is 85.1 Å². The van der Waals surface area contributed by atoms with Gasteiger partial charge >= 0.3 is 0 Å². The smallest absolute Gasteiger partial charge is 0.278 e. The summed E-state index contributed by atoms with van der Waals surface area (Å²) in [5, 5.41) is 8.10. The van der Waals surface area contributed by atoms with Gasteiger partial charge in [0.25, 0.3) is 6.43 Å². The van der Waals surface area contributed by atoms with E-state index >= 15 is 0 Å². The molecule has 0 radical (unpaired) electrons. The van der Waals surface area contributed by atoms with Gasteiger partial charge in [-0.3, -0.25) is 9.88 Å². The fourth-order valence-electron chi connectivity index (χ4n) is 4.98. The third-order valence-electron chi connectivity index (χ3n) is 7.32. The molecule has 0 saturated carbocycles. The second-order valence-corrected chi connectivity index (χ2v) is 11.5. The summed E-state index contributed by atoms with van der Waals surface area (Å²) in [6, 6.07) is 13.1. The van der Waals surface area contributed by atoms with Gasteiger partial charge in [-0.05, 0) is 81.6 Å². The fourth-order valence-corrected chi connectivity index (χ4v) is 6.20. The van der Waals surface area contributed by atoms with E-state index in [1.54, 1.807) is 6.20 Å². The number of rotatable bonds is 9. The van der Waals surface area contributed by atoms with Crippen LogP contribution in [0.25, 0.3) is 0 Å². The van der Waals surface area contributed by atoms with E-state index in [4.69, 9.17) is 0 Å². The molecule has 0 amide bonds. The van der Waals surface area contributed by atoms with Gasteiger partial charge in [0.2, 0.25) is 0 Å². The zero-order chi connectivity index (χ0) is 29.9. The van der Waals surface area contributed by atoms with Crippen LogP contribution in [0.4, 0.5) is 14.5 Å². The van der Waals surface area contributed by atoms with E-state index in [-0.39, 0.29) is 12.1 Å². The average molecular weight is 585 g/mol. The summed E-state index contributed by atoms with van der Waals surface area (Å²) in [4.78, 5) is 9.65. The van der Waals surface area contributed by atoms with E-state index in [1.165, 1.54) is 16.9 Å². The van der Waals surface area contributed by atoms with E-state index in [0.29, 0.717) is 23.5 Å². The Morgan fingerprint density at radius 3 is 2.34 bits per heavy atom. The number of pyridine rings is 1. The first kappa shape index (κ1) is 32.7. The van der Waals surface area contributed by atoms with Gasteiger partial charge in [0.05, 0.1) is 18.0 Å². The van der Waals surface area contributed by atoms with Crippen LogP contribution >= 0.6 is 11.9 Å². The van der Waals surface area contributed by atoms with Crippen molar-refractivity contribution in [1.29, 1.82) is 0 Å². The van der Waals surface area contributed by atoms with Gasteiger partial charge in [0, 0.05) is 53.9 Å². The molecule has 1 aromatic heterocycles. The molecular weight excluding hydrogens is 538 g/mol. The highest BCUT2D eigenvalue weighted by Crippen LogP contribution is 2.34. The van der Waals surface area contributed by atoms with Crippen LogP contribution in [0.15, 0.2) is 65.1 Å². The number of hydrogen-bond donors (Lipinski definition) is 0.